The Morgan fingerprint density at radius 1 is 1.18 bits per heavy atom. The minimum Gasteiger partial charge on any atom is -0.496 e. The summed E-state index contributed by atoms with van der Waals surface area (Å²) < 4.78 is 18.3. The topological polar surface area (TPSA) is 62.6 Å². The molecule has 0 bridgehead atoms. The van der Waals surface area contributed by atoms with Crippen molar-refractivity contribution < 1.29 is 19.0 Å². The lowest BCUT2D eigenvalue weighted by Crippen LogP contribution is -2.15. The average molecular weight is 376 g/mol. The molecule has 0 atom stereocenters. The first-order valence-electron chi connectivity index (χ1n) is 8.99. The Morgan fingerprint density at radius 2 is 2.04 bits per heavy atom. The fourth-order valence-electron chi connectivity index (χ4n) is 3.06. The third kappa shape index (κ3) is 3.91. The van der Waals surface area contributed by atoms with Crippen LogP contribution >= 0.6 is 0 Å². The van der Waals surface area contributed by atoms with Gasteiger partial charge in [-0.15, -0.1) is 0 Å². The van der Waals surface area contributed by atoms with Crippen LogP contribution in [0.2, 0.25) is 0 Å². The molecule has 0 radical (unpaired) electrons. The molecule has 0 N–H and O–H groups in total. The summed E-state index contributed by atoms with van der Waals surface area (Å²) in [5.74, 6) is 1.97. The standard InChI is InChI=1S/C22H20N2O4/c1-26-20-7-4-16(13-18(20)15-24-10-2-9-23-24)3-6-19(25)17-5-8-21-22(14-17)28-12-11-27-21/h2-10,13-14H,11-12,15H2,1H3/b6-3+. The number of ether oxygens (including phenoxy) is 3. The van der Waals surface area contributed by atoms with Crippen molar-refractivity contribution in [1.29, 1.82) is 0 Å². The van der Waals surface area contributed by atoms with Crippen molar-refractivity contribution in [2.24, 2.45) is 0 Å². The molecule has 0 spiro atoms. The van der Waals surface area contributed by atoms with Gasteiger partial charge in [0.05, 0.1) is 13.7 Å². The second kappa shape index (κ2) is 8.00. The number of nitrogens with zero attached hydrogens (tertiary/aromatic N) is 2. The fraction of sp³-hybridized carbons (Fsp3) is 0.182. The number of fused-ring (bicyclic) bond motifs is 1. The number of benzene rings is 2. The highest BCUT2D eigenvalue weighted by Gasteiger charge is 2.14. The predicted octanol–water partition coefficient (Wildman–Crippen LogP) is 3.61. The smallest absolute Gasteiger partial charge is 0.185 e. The monoisotopic (exact) mass is 376 g/mol. The van der Waals surface area contributed by atoms with E-state index >= 15 is 0 Å². The molecule has 0 unspecified atom stereocenters. The van der Waals surface area contributed by atoms with Gasteiger partial charge in [-0.2, -0.15) is 5.10 Å². The van der Waals surface area contributed by atoms with E-state index < -0.39 is 0 Å². The van der Waals surface area contributed by atoms with Crippen molar-refractivity contribution in [2.45, 2.75) is 6.54 Å². The Morgan fingerprint density at radius 3 is 2.82 bits per heavy atom. The molecule has 1 aliphatic rings. The summed E-state index contributed by atoms with van der Waals surface area (Å²) >= 11 is 0. The quantitative estimate of drug-likeness (QED) is 0.486. The molecule has 4 rings (SSSR count). The maximum Gasteiger partial charge on any atom is 0.185 e. The van der Waals surface area contributed by atoms with E-state index in [0.29, 0.717) is 36.8 Å². The van der Waals surface area contributed by atoms with E-state index in [1.807, 2.05) is 35.1 Å². The molecule has 0 amide bonds. The lowest BCUT2D eigenvalue weighted by molar-refractivity contribution is 0.104. The summed E-state index contributed by atoms with van der Waals surface area (Å²) in [6, 6.07) is 12.9. The van der Waals surface area contributed by atoms with Crippen LogP contribution in [0.5, 0.6) is 17.2 Å². The van der Waals surface area contributed by atoms with Crippen molar-refractivity contribution in [3.05, 3.63) is 77.6 Å². The van der Waals surface area contributed by atoms with Gasteiger partial charge in [-0.3, -0.25) is 9.48 Å². The summed E-state index contributed by atoms with van der Waals surface area (Å²) in [6.07, 6.45) is 6.99. The predicted molar refractivity (Wildman–Crippen MR) is 105 cm³/mol. The number of aromatic nitrogens is 2. The SMILES string of the molecule is COc1ccc(/C=C/C(=O)c2ccc3c(c2)OCCO3)cc1Cn1cccn1. The number of rotatable bonds is 6. The molecule has 1 aromatic heterocycles. The summed E-state index contributed by atoms with van der Waals surface area (Å²) in [7, 11) is 1.64. The van der Waals surface area contributed by atoms with E-state index in [-0.39, 0.29) is 5.78 Å². The minimum absolute atomic E-state index is 0.0959. The van der Waals surface area contributed by atoms with Crippen LogP contribution in [-0.2, 0) is 6.54 Å². The third-order valence-corrected chi connectivity index (χ3v) is 4.45. The molecule has 1 aliphatic heterocycles. The van der Waals surface area contributed by atoms with Gasteiger partial charge in [-0.1, -0.05) is 12.1 Å². The van der Waals surface area contributed by atoms with Gasteiger partial charge in [0, 0.05) is 23.5 Å². The Bertz CT molecular complexity index is 1010. The molecular formula is C22H20N2O4. The van der Waals surface area contributed by atoms with Crippen molar-refractivity contribution in [3.63, 3.8) is 0 Å². The molecular weight excluding hydrogens is 356 g/mol. The van der Waals surface area contributed by atoms with Gasteiger partial charge >= 0.3 is 0 Å². The molecule has 0 saturated heterocycles. The number of ketones is 1. The molecule has 142 valence electrons. The van der Waals surface area contributed by atoms with Crippen molar-refractivity contribution in [3.8, 4) is 17.2 Å². The highest BCUT2D eigenvalue weighted by Crippen LogP contribution is 2.31. The summed E-state index contributed by atoms with van der Waals surface area (Å²) in [5.41, 5.74) is 2.46. The van der Waals surface area contributed by atoms with E-state index in [1.54, 1.807) is 43.7 Å². The molecule has 6 heteroatoms. The molecule has 0 aliphatic carbocycles. The zero-order chi connectivity index (χ0) is 19.3. The number of carbonyl (C=O) groups is 1. The van der Waals surface area contributed by atoms with Gasteiger partial charge in [0.25, 0.3) is 0 Å². The van der Waals surface area contributed by atoms with Crippen molar-refractivity contribution >= 4 is 11.9 Å². The fourth-order valence-corrected chi connectivity index (χ4v) is 3.06. The van der Waals surface area contributed by atoms with Gasteiger partial charge in [0.1, 0.15) is 19.0 Å². The third-order valence-electron chi connectivity index (χ3n) is 4.45. The van der Waals surface area contributed by atoms with Gasteiger partial charge in [-0.25, -0.2) is 0 Å². The van der Waals surface area contributed by atoms with Crippen LogP contribution in [0.4, 0.5) is 0 Å². The first-order valence-corrected chi connectivity index (χ1v) is 8.99. The first-order chi connectivity index (χ1) is 13.7. The second-order valence-electron chi connectivity index (χ2n) is 6.33. The zero-order valence-electron chi connectivity index (χ0n) is 15.5. The number of hydrogen-bond donors (Lipinski definition) is 0. The molecule has 6 nitrogen and oxygen atoms in total. The van der Waals surface area contributed by atoms with E-state index in [9.17, 15) is 4.79 Å². The van der Waals surface area contributed by atoms with E-state index in [1.165, 1.54) is 0 Å². The summed E-state index contributed by atoms with van der Waals surface area (Å²) in [6.45, 7) is 1.61. The van der Waals surface area contributed by atoms with Crippen LogP contribution in [0.25, 0.3) is 6.08 Å². The number of allylic oxidation sites excluding steroid dienone is 1. The maximum atomic E-state index is 12.5. The number of hydrogen-bond acceptors (Lipinski definition) is 5. The summed E-state index contributed by atoms with van der Waals surface area (Å²) in [4.78, 5) is 12.5. The normalized spacial score (nSPS) is 12.9. The molecule has 28 heavy (non-hydrogen) atoms. The molecule has 2 aromatic carbocycles. The molecule has 3 aromatic rings. The summed E-state index contributed by atoms with van der Waals surface area (Å²) in [5, 5.41) is 4.23. The lowest BCUT2D eigenvalue weighted by atomic mass is 10.1. The average Bonchev–Trinajstić information content (AvgIpc) is 3.25. The largest absolute Gasteiger partial charge is 0.496 e. The lowest BCUT2D eigenvalue weighted by Gasteiger charge is -2.18. The van der Waals surface area contributed by atoms with Gasteiger partial charge in [0.2, 0.25) is 0 Å². The van der Waals surface area contributed by atoms with Crippen LogP contribution in [0, 0.1) is 0 Å². The molecule has 0 saturated carbocycles. The number of carbonyl (C=O) groups excluding carboxylic acids is 1. The van der Waals surface area contributed by atoms with E-state index in [0.717, 1.165) is 16.9 Å². The van der Waals surface area contributed by atoms with Crippen LogP contribution in [0.3, 0.4) is 0 Å². The highest BCUT2D eigenvalue weighted by atomic mass is 16.6. The van der Waals surface area contributed by atoms with Crippen molar-refractivity contribution in [1.82, 2.24) is 9.78 Å². The van der Waals surface area contributed by atoms with Crippen LogP contribution < -0.4 is 14.2 Å². The highest BCUT2D eigenvalue weighted by molar-refractivity contribution is 6.07. The minimum atomic E-state index is -0.0959. The van der Waals surface area contributed by atoms with Crippen LogP contribution in [0.1, 0.15) is 21.5 Å². The molecule has 0 fully saturated rings. The maximum absolute atomic E-state index is 12.5. The van der Waals surface area contributed by atoms with Gasteiger partial charge in [0.15, 0.2) is 17.3 Å². The van der Waals surface area contributed by atoms with Crippen LogP contribution in [-0.4, -0.2) is 35.9 Å². The first kappa shape index (κ1) is 17.9. The Labute approximate surface area is 163 Å². The second-order valence-corrected chi connectivity index (χ2v) is 6.33. The Hall–Kier alpha value is -3.54. The Kier molecular flexibility index (Phi) is 5.10. The van der Waals surface area contributed by atoms with E-state index in [4.69, 9.17) is 14.2 Å². The van der Waals surface area contributed by atoms with Crippen molar-refractivity contribution in [2.75, 3.05) is 20.3 Å². The molecule has 2 heterocycles. The Balaban J connectivity index is 1.53. The van der Waals surface area contributed by atoms with Gasteiger partial charge < -0.3 is 14.2 Å². The van der Waals surface area contributed by atoms with Crippen LogP contribution in [0.15, 0.2) is 60.9 Å². The van der Waals surface area contributed by atoms with Gasteiger partial charge in [-0.05, 0) is 48.0 Å². The number of methoxy groups -OCH3 is 1. The zero-order valence-corrected chi connectivity index (χ0v) is 15.5. The van der Waals surface area contributed by atoms with E-state index in [2.05, 4.69) is 5.10 Å².